The SMILES string of the molecule is COCCNCC(CC(C)OC)c1ccc(F)cc1. The summed E-state index contributed by atoms with van der Waals surface area (Å²) in [4.78, 5) is 0. The second-order valence-electron chi connectivity index (χ2n) is 4.73. The molecule has 0 radical (unpaired) electrons. The monoisotopic (exact) mass is 269 g/mol. The van der Waals surface area contributed by atoms with Crippen LogP contribution in [0.2, 0.25) is 0 Å². The lowest BCUT2D eigenvalue weighted by atomic mass is 9.93. The van der Waals surface area contributed by atoms with E-state index in [0.29, 0.717) is 12.5 Å². The Morgan fingerprint density at radius 3 is 2.47 bits per heavy atom. The molecule has 0 heterocycles. The van der Waals surface area contributed by atoms with Crippen LogP contribution in [0, 0.1) is 5.82 Å². The molecule has 0 fully saturated rings. The van der Waals surface area contributed by atoms with Crippen molar-refractivity contribution in [1.29, 1.82) is 0 Å². The van der Waals surface area contributed by atoms with Crippen LogP contribution >= 0.6 is 0 Å². The summed E-state index contributed by atoms with van der Waals surface area (Å²) < 4.78 is 23.3. The summed E-state index contributed by atoms with van der Waals surface area (Å²) in [7, 11) is 3.40. The Bertz CT molecular complexity index is 343. The van der Waals surface area contributed by atoms with E-state index in [0.717, 1.165) is 25.1 Å². The Kier molecular flexibility index (Phi) is 7.63. The van der Waals surface area contributed by atoms with E-state index in [1.807, 2.05) is 19.1 Å². The number of hydrogen-bond donors (Lipinski definition) is 1. The minimum atomic E-state index is -0.199. The van der Waals surface area contributed by atoms with Gasteiger partial charge in [-0.25, -0.2) is 4.39 Å². The molecule has 2 unspecified atom stereocenters. The van der Waals surface area contributed by atoms with E-state index >= 15 is 0 Å². The maximum Gasteiger partial charge on any atom is 0.123 e. The second kappa shape index (κ2) is 9.02. The summed E-state index contributed by atoms with van der Waals surface area (Å²) in [6.07, 6.45) is 1.08. The maximum absolute atomic E-state index is 13.0. The average Bonchev–Trinajstić information content (AvgIpc) is 2.43. The van der Waals surface area contributed by atoms with Crippen molar-refractivity contribution in [1.82, 2.24) is 5.32 Å². The molecule has 0 saturated heterocycles. The number of rotatable bonds is 9. The molecule has 1 aromatic carbocycles. The lowest BCUT2D eigenvalue weighted by molar-refractivity contribution is 0.103. The van der Waals surface area contributed by atoms with Crippen LogP contribution in [0.4, 0.5) is 4.39 Å². The van der Waals surface area contributed by atoms with E-state index in [2.05, 4.69) is 5.32 Å². The molecule has 0 aliphatic heterocycles. The molecule has 19 heavy (non-hydrogen) atoms. The quantitative estimate of drug-likeness (QED) is 0.699. The van der Waals surface area contributed by atoms with Crippen molar-refractivity contribution in [3.8, 4) is 0 Å². The highest BCUT2D eigenvalue weighted by molar-refractivity contribution is 5.21. The fourth-order valence-corrected chi connectivity index (χ4v) is 2.02. The Morgan fingerprint density at radius 2 is 1.89 bits per heavy atom. The molecule has 2 atom stereocenters. The van der Waals surface area contributed by atoms with Crippen molar-refractivity contribution in [2.24, 2.45) is 0 Å². The third-order valence-corrected chi connectivity index (χ3v) is 3.23. The van der Waals surface area contributed by atoms with Crippen LogP contribution in [0.1, 0.15) is 24.8 Å². The van der Waals surface area contributed by atoms with E-state index < -0.39 is 0 Å². The van der Waals surface area contributed by atoms with Gasteiger partial charge in [0.25, 0.3) is 0 Å². The molecule has 1 rings (SSSR count). The molecule has 0 aromatic heterocycles. The van der Waals surface area contributed by atoms with Gasteiger partial charge in [0.05, 0.1) is 12.7 Å². The third-order valence-electron chi connectivity index (χ3n) is 3.23. The summed E-state index contributed by atoms with van der Waals surface area (Å²) in [5.74, 6) is 0.113. The smallest absolute Gasteiger partial charge is 0.123 e. The minimum Gasteiger partial charge on any atom is -0.383 e. The van der Waals surface area contributed by atoms with Gasteiger partial charge in [0.2, 0.25) is 0 Å². The minimum absolute atomic E-state index is 0.180. The van der Waals surface area contributed by atoms with Crippen molar-refractivity contribution in [2.75, 3.05) is 33.9 Å². The molecule has 0 saturated carbocycles. The van der Waals surface area contributed by atoms with Crippen LogP contribution in [0.25, 0.3) is 0 Å². The highest BCUT2D eigenvalue weighted by Crippen LogP contribution is 2.22. The number of hydrogen-bond acceptors (Lipinski definition) is 3. The normalized spacial score (nSPS) is 14.3. The number of benzene rings is 1. The van der Waals surface area contributed by atoms with E-state index in [-0.39, 0.29) is 11.9 Å². The van der Waals surface area contributed by atoms with Gasteiger partial charge in [-0.05, 0) is 37.0 Å². The van der Waals surface area contributed by atoms with Crippen molar-refractivity contribution >= 4 is 0 Å². The Hall–Kier alpha value is -0.970. The Labute approximate surface area is 115 Å². The Morgan fingerprint density at radius 1 is 1.21 bits per heavy atom. The molecule has 0 amide bonds. The zero-order valence-corrected chi connectivity index (χ0v) is 12.0. The van der Waals surface area contributed by atoms with Crippen LogP contribution in [0.5, 0.6) is 0 Å². The van der Waals surface area contributed by atoms with Crippen LogP contribution in [0.15, 0.2) is 24.3 Å². The number of nitrogens with one attached hydrogen (secondary N) is 1. The van der Waals surface area contributed by atoms with Gasteiger partial charge in [-0.1, -0.05) is 12.1 Å². The van der Waals surface area contributed by atoms with Gasteiger partial charge in [-0.2, -0.15) is 0 Å². The fourth-order valence-electron chi connectivity index (χ4n) is 2.02. The van der Waals surface area contributed by atoms with E-state index in [4.69, 9.17) is 9.47 Å². The van der Waals surface area contributed by atoms with E-state index in [1.54, 1.807) is 14.2 Å². The van der Waals surface area contributed by atoms with Gasteiger partial charge in [0, 0.05) is 27.3 Å². The lowest BCUT2D eigenvalue weighted by Gasteiger charge is -2.21. The molecule has 4 heteroatoms. The van der Waals surface area contributed by atoms with Gasteiger partial charge < -0.3 is 14.8 Å². The number of methoxy groups -OCH3 is 2. The van der Waals surface area contributed by atoms with Crippen LogP contribution < -0.4 is 5.32 Å². The number of ether oxygens (including phenoxy) is 2. The molecule has 0 aliphatic carbocycles. The van der Waals surface area contributed by atoms with Crippen molar-refractivity contribution in [3.05, 3.63) is 35.6 Å². The first kappa shape index (κ1) is 16.1. The molecule has 108 valence electrons. The standard InChI is InChI=1S/C15H24FNO2/c1-12(19-3)10-14(11-17-8-9-18-2)13-4-6-15(16)7-5-13/h4-7,12,14,17H,8-11H2,1-3H3. The van der Waals surface area contributed by atoms with Gasteiger partial charge in [-0.15, -0.1) is 0 Å². The molecule has 1 N–H and O–H groups in total. The van der Waals surface area contributed by atoms with Gasteiger partial charge >= 0.3 is 0 Å². The molecule has 0 spiro atoms. The predicted molar refractivity (Wildman–Crippen MR) is 75.0 cm³/mol. The van der Waals surface area contributed by atoms with Gasteiger partial charge in [-0.3, -0.25) is 0 Å². The van der Waals surface area contributed by atoms with Crippen molar-refractivity contribution in [2.45, 2.75) is 25.4 Å². The molecule has 0 aliphatic rings. The van der Waals surface area contributed by atoms with Gasteiger partial charge in [0.1, 0.15) is 5.82 Å². The van der Waals surface area contributed by atoms with Crippen LogP contribution in [-0.4, -0.2) is 40.0 Å². The zero-order valence-electron chi connectivity index (χ0n) is 12.0. The summed E-state index contributed by atoms with van der Waals surface area (Å²) in [6.45, 7) is 4.39. The first-order valence-electron chi connectivity index (χ1n) is 6.65. The summed E-state index contributed by atoms with van der Waals surface area (Å²) >= 11 is 0. The summed E-state index contributed by atoms with van der Waals surface area (Å²) in [5, 5.41) is 3.35. The Balaban J connectivity index is 2.60. The molecule has 3 nitrogen and oxygen atoms in total. The summed E-state index contributed by atoms with van der Waals surface area (Å²) in [5.41, 5.74) is 1.13. The average molecular weight is 269 g/mol. The zero-order chi connectivity index (χ0) is 14.1. The highest BCUT2D eigenvalue weighted by Gasteiger charge is 2.15. The highest BCUT2D eigenvalue weighted by atomic mass is 19.1. The first-order valence-corrected chi connectivity index (χ1v) is 6.65. The van der Waals surface area contributed by atoms with Crippen LogP contribution in [-0.2, 0) is 9.47 Å². The number of halogens is 1. The third kappa shape index (κ3) is 6.14. The van der Waals surface area contributed by atoms with E-state index in [9.17, 15) is 4.39 Å². The largest absolute Gasteiger partial charge is 0.383 e. The second-order valence-corrected chi connectivity index (χ2v) is 4.73. The molecular formula is C15H24FNO2. The van der Waals surface area contributed by atoms with Gasteiger partial charge in [0.15, 0.2) is 0 Å². The van der Waals surface area contributed by atoms with Crippen LogP contribution in [0.3, 0.4) is 0 Å². The summed E-state index contributed by atoms with van der Waals surface area (Å²) in [6, 6.07) is 6.71. The fraction of sp³-hybridized carbons (Fsp3) is 0.600. The maximum atomic E-state index is 13.0. The van der Waals surface area contributed by atoms with E-state index in [1.165, 1.54) is 12.1 Å². The molecule has 0 bridgehead atoms. The molecular weight excluding hydrogens is 245 g/mol. The lowest BCUT2D eigenvalue weighted by Crippen LogP contribution is -2.27. The molecule has 1 aromatic rings. The first-order chi connectivity index (χ1) is 9.17. The van der Waals surface area contributed by atoms with Crippen molar-refractivity contribution < 1.29 is 13.9 Å². The van der Waals surface area contributed by atoms with Crippen molar-refractivity contribution in [3.63, 3.8) is 0 Å². The topological polar surface area (TPSA) is 30.5 Å². The predicted octanol–water partition coefficient (Wildman–Crippen LogP) is 2.57.